The number of rotatable bonds is 8. The minimum Gasteiger partial charge on any atom is -0.488 e. The van der Waals surface area contributed by atoms with Crippen LogP contribution in [0.5, 0.6) is 5.75 Å². The Hall–Kier alpha value is -3.19. The van der Waals surface area contributed by atoms with E-state index in [1.54, 1.807) is 48.3 Å². The Bertz CT molecular complexity index is 922. The van der Waals surface area contributed by atoms with Crippen molar-refractivity contribution in [3.63, 3.8) is 0 Å². The summed E-state index contributed by atoms with van der Waals surface area (Å²) in [5, 5.41) is 13.8. The van der Waals surface area contributed by atoms with Gasteiger partial charge in [-0.2, -0.15) is 5.10 Å². The summed E-state index contributed by atoms with van der Waals surface area (Å²) in [4.78, 5) is 11.6. The van der Waals surface area contributed by atoms with Crippen LogP contribution in [0.2, 0.25) is 0 Å². The zero-order chi connectivity index (χ0) is 19.2. The summed E-state index contributed by atoms with van der Waals surface area (Å²) in [6.07, 6.45) is 3.51. The highest BCUT2D eigenvalue weighted by Crippen LogP contribution is 2.27. The SMILES string of the molecule is COCCn1cc(-c2ccc(OCc3ccc(F)cc3)c(C(=O)O)c2)cn1. The van der Waals surface area contributed by atoms with Crippen LogP contribution in [0.4, 0.5) is 4.39 Å². The van der Waals surface area contributed by atoms with Gasteiger partial charge in [-0.1, -0.05) is 18.2 Å². The minimum atomic E-state index is -1.09. The fraction of sp³-hybridized carbons (Fsp3) is 0.200. The highest BCUT2D eigenvalue weighted by atomic mass is 19.1. The Morgan fingerprint density at radius 2 is 1.96 bits per heavy atom. The Morgan fingerprint density at radius 3 is 2.67 bits per heavy atom. The van der Waals surface area contributed by atoms with Crippen molar-refractivity contribution in [2.75, 3.05) is 13.7 Å². The lowest BCUT2D eigenvalue weighted by Gasteiger charge is -2.10. The fourth-order valence-corrected chi connectivity index (χ4v) is 2.56. The molecule has 3 aromatic rings. The Kier molecular flexibility index (Phi) is 5.83. The van der Waals surface area contributed by atoms with Crippen LogP contribution in [-0.4, -0.2) is 34.6 Å². The number of ether oxygens (including phenoxy) is 2. The summed E-state index contributed by atoms with van der Waals surface area (Å²) in [5.41, 5.74) is 2.33. The van der Waals surface area contributed by atoms with Gasteiger partial charge in [0.15, 0.2) is 0 Å². The summed E-state index contributed by atoms with van der Waals surface area (Å²) in [5.74, 6) is -1.17. The topological polar surface area (TPSA) is 73.6 Å². The summed E-state index contributed by atoms with van der Waals surface area (Å²) in [6.45, 7) is 1.30. The van der Waals surface area contributed by atoms with Crippen molar-refractivity contribution in [3.8, 4) is 16.9 Å². The average Bonchev–Trinajstić information content (AvgIpc) is 3.14. The molecule has 0 aliphatic heterocycles. The summed E-state index contributed by atoms with van der Waals surface area (Å²) < 4.78 is 25.4. The third-order valence-electron chi connectivity index (χ3n) is 4.01. The van der Waals surface area contributed by atoms with Gasteiger partial charge in [0.2, 0.25) is 0 Å². The van der Waals surface area contributed by atoms with Gasteiger partial charge in [0.05, 0.1) is 19.3 Å². The van der Waals surface area contributed by atoms with E-state index in [0.29, 0.717) is 13.2 Å². The van der Waals surface area contributed by atoms with E-state index in [2.05, 4.69) is 5.10 Å². The van der Waals surface area contributed by atoms with Gasteiger partial charge >= 0.3 is 5.97 Å². The number of methoxy groups -OCH3 is 1. The van der Waals surface area contributed by atoms with E-state index >= 15 is 0 Å². The third-order valence-corrected chi connectivity index (χ3v) is 4.01. The molecule has 1 heterocycles. The van der Waals surface area contributed by atoms with Crippen molar-refractivity contribution in [3.05, 3.63) is 71.8 Å². The molecule has 0 unspecified atom stereocenters. The monoisotopic (exact) mass is 370 g/mol. The van der Waals surface area contributed by atoms with Crippen LogP contribution in [0.1, 0.15) is 15.9 Å². The molecule has 27 heavy (non-hydrogen) atoms. The Labute approximate surface area is 155 Å². The summed E-state index contributed by atoms with van der Waals surface area (Å²) in [7, 11) is 1.62. The second kappa shape index (κ2) is 8.46. The molecule has 0 fully saturated rings. The van der Waals surface area contributed by atoms with Crippen LogP contribution >= 0.6 is 0 Å². The van der Waals surface area contributed by atoms with E-state index in [4.69, 9.17) is 9.47 Å². The molecular formula is C20H19FN2O4. The maximum absolute atomic E-state index is 13.0. The molecule has 0 bridgehead atoms. The molecule has 0 atom stereocenters. The number of aromatic carboxylic acids is 1. The standard InChI is InChI=1S/C20H19FN2O4/c1-26-9-8-23-12-16(11-22-23)15-4-7-19(18(10-15)20(24)25)27-13-14-2-5-17(21)6-3-14/h2-7,10-12H,8-9,13H2,1H3,(H,24,25). The van der Waals surface area contributed by atoms with E-state index in [1.807, 2.05) is 6.20 Å². The summed E-state index contributed by atoms with van der Waals surface area (Å²) >= 11 is 0. The predicted molar refractivity (Wildman–Crippen MR) is 97.2 cm³/mol. The van der Waals surface area contributed by atoms with Crippen molar-refractivity contribution in [2.45, 2.75) is 13.2 Å². The maximum atomic E-state index is 13.0. The van der Waals surface area contributed by atoms with Gasteiger partial charge in [-0.15, -0.1) is 0 Å². The van der Waals surface area contributed by atoms with Crippen molar-refractivity contribution < 1.29 is 23.8 Å². The van der Waals surface area contributed by atoms with Gasteiger partial charge in [-0.25, -0.2) is 9.18 Å². The van der Waals surface area contributed by atoms with Gasteiger partial charge in [-0.3, -0.25) is 4.68 Å². The van der Waals surface area contributed by atoms with Crippen LogP contribution in [-0.2, 0) is 17.9 Å². The number of carboxylic acid groups (broad SMARTS) is 1. The molecule has 1 aromatic heterocycles. The number of carboxylic acids is 1. The fourth-order valence-electron chi connectivity index (χ4n) is 2.56. The van der Waals surface area contributed by atoms with Crippen molar-refractivity contribution in [1.82, 2.24) is 9.78 Å². The van der Waals surface area contributed by atoms with Crippen molar-refractivity contribution in [1.29, 1.82) is 0 Å². The number of aromatic nitrogens is 2. The molecular weight excluding hydrogens is 351 g/mol. The van der Waals surface area contributed by atoms with E-state index in [-0.39, 0.29) is 23.7 Å². The highest BCUT2D eigenvalue weighted by molar-refractivity contribution is 5.92. The lowest BCUT2D eigenvalue weighted by Crippen LogP contribution is -2.04. The molecule has 7 heteroatoms. The molecule has 0 radical (unpaired) electrons. The van der Waals surface area contributed by atoms with Gasteiger partial charge in [0.25, 0.3) is 0 Å². The molecule has 0 aliphatic rings. The van der Waals surface area contributed by atoms with E-state index in [9.17, 15) is 14.3 Å². The predicted octanol–water partition coefficient (Wildman–Crippen LogP) is 3.61. The molecule has 1 N–H and O–H groups in total. The first-order chi connectivity index (χ1) is 13.1. The van der Waals surface area contributed by atoms with Crippen LogP contribution < -0.4 is 4.74 Å². The Balaban J connectivity index is 1.79. The van der Waals surface area contributed by atoms with Crippen molar-refractivity contribution in [2.24, 2.45) is 0 Å². The first-order valence-corrected chi connectivity index (χ1v) is 8.33. The minimum absolute atomic E-state index is 0.0549. The van der Waals surface area contributed by atoms with Crippen molar-refractivity contribution >= 4 is 5.97 Å². The van der Waals surface area contributed by atoms with Crippen LogP contribution in [0.3, 0.4) is 0 Å². The molecule has 0 saturated carbocycles. The quantitative estimate of drug-likeness (QED) is 0.656. The first kappa shape index (κ1) is 18.6. The van der Waals surface area contributed by atoms with E-state index in [1.165, 1.54) is 12.1 Å². The number of nitrogens with zero attached hydrogens (tertiary/aromatic N) is 2. The second-order valence-corrected chi connectivity index (χ2v) is 5.92. The third kappa shape index (κ3) is 4.71. The number of carbonyl (C=O) groups is 1. The number of halogens is 1. The molecule has 3 rings (SSSR count). The lowest BCUT2D eigenvalue weighted by atomic mass is 10.1. The molecule has 0 saturated heterocycles. The number of benzene rings is 2. The molecule has 2 aromatic carbocycles. The highest BCUT2D eigenvalue weighted by Gasteiger charge is 2.14. The zero-order valence-electron chi connectivity index (χ0n) is 14.8. The smallest absolute Gasteiger partial charge is 0.339 e. The second-order valence-electron chi connectivity index (χ2n) is 5.92. The lowest BCUT2D eigenvalue weighted by molar-refractivity contribution is 0.0692. The molecule has 6 nitrogen and oxygen atoms in total. The number of hydrogen-bond donors (Lipinski definition) is 1. The van der Waals surface area contributed by atoms with Gasteiger partial charge in [0.1, 0.15) is 23.7 Å². The van der Waals surface area contributed by atoms with Gasteiger partial charge in [0, 0.05) is 18.9 Å². The molecule has 0 spiro atoms. The van der Waals surface area contributed by atoms with Gasteiger partial charge in [-0.05, 0) is 35.4 Å². The summed E-state index contributed by atoms with van der Waals surface area (Å²) in [6, 6.07) is 10.8. The Morgan fingerprint density at radius 1 is 1.19 bits per heavy atom. The van der Waals surface area contributed by atoms with Crippen LogP contribution in [0.25, 0.3) is 11.1 Å². The van der Waals surface area contributed by atoms with Gasteiger partial charge < -0.3 is 14.6 Å². The maximum Gasteiger partial charge on any atom is 0.339 e. The average molecular weight is 370 g/mol. The first-order valence-electron chi connectivity index (χ1n) is 8.33. The molecule has 0 aliphatic carbocycles. The zero-order valence-corrected chi connectivity index (χ0v) is 14.8. The van der Waals surface area contributed by atoms with Crippen LogP contribution in [0.15, 0.2) is 54.9 Å². The van der Waals surface area contributed by atoms with E-state index < -0.39 is 5.97 Å². The van der Waals surface area contributed by atoms with E-state index in [0.717, 1.165) is 16.7 Å². The molecule has 0 amide bonds. The number of hydrogen-bond acceptors (Lipinski definition) is 4. The molecule has 140 valence electrons. The van der Waals surface area contributed by atoms with Crippen LogP contribution in [0, 0.1) is 5.82 Å². The largest absolute Gasteiger partial charge is 0.488 e. The normalized spacial score (nSPS) is 10.7.